The maximum atomic E-state index is 11.9. The molecule has 0 atom stereocenters. The van der Waals surface area contributed by atoms with E-state index in [9.17, 15) is 9.59 Å². The van der Waals surface area contributed by atoms with Crippen molar-refractivity contribution in [2.75, 3.05) is 18.9 Å². The number of esters is 1. The fraction of sp³-hybridized carbons (Fsp3) is 0.579. The lowest BCUT2D eigenvalue weighted by Crippen LogP contribution is -2.33. The minimum atomic E-state index is -0.363. The number of ether oxygens (including phenoxy) is 1. The van der Waals surface area contributed by atoms with Crippen LogP contribution in [0.15, 0.2) is 21.5 Å². The number of amides is 1. The van der Waals surface area contributed by atoms with E-state index >= 15 is 0 Å². The van der Waals surface area contributed by atoms with E-state index in [0.717, 1.165) is 20.5 Å². The predicted molar refractivity (Wildman–Crippen MR) is 105 cm³/mol. The first kappa shape index (κ1) is 20.3. The van der Waals surface area contributed by atoms with Gasteiger partial charge in [0.2, 0.25) is 0 Å². The molecular formula is C19H26BrNO3S. The molecule has 2 rings (SSSR count). The minimum Gasteiger partial charge on any atom is -0.455 e. The predicted octanol–water partition coefficient (Wildman–Crippen LogP) is 4.40. The lowest BCUT2D eigenvalue weighted by molar-refractivity contribution is -0.146. The minimum absolute atomic E-state index is 0.190. The molecule has 0 spiro atoms. The van der Waals surface area contributed by atoms with Crippen molar-refractivity contribution >= 4 is 39.6 Å². The van der Waals surface area contributed by atoms with Crippen molar-refractivity contribution in [1.82, 2.24) is 5.32 Å². The molecule has 6 heteroatoms. The first-order chi connectivity index (χ1) is 12.0. The van der Waals surface area contributed by atoms with Crippen LogP contribution in [0.3, 0.4) is 0 Å². The zero-order valence-electron chi connectivity index (χ0n) is 14.9. The number of rotatable bonds is 7. The van der Waals surface area contributed by atoms with Crippen LogP contribution in [0, 0.1) is 19.8 Å². The van der Waals surface area contributed by atoms with E-state index in [4.69, 9.17) is 4.74 Å². The summed E-state index contributed by atoms with van der Waals surface area (Å²) in [6, 6.07) is 4.09. The molecule has 1 aromatic carbocycles. The van der Waals surface area contributed by atoms with Crippen LogP contribution < -0.4 is 5.32 Å². The van der Waals surface area contributed by atoms with Crippen LogP contribution in [-0.4, -0.2) is 30.8 Å². The number of hydrogen-bond acceptors (Lipinski definition) is 4. The summed E-state index contributed by atoms with van der Waals surface area (Å²) in [4.78, 5) is 24.7. The maximum absolute atomic E-state index is 11.9. The van der Waals surface area contributed by atoms with Gasteiger partial charge in [0, 0.05) is 15.9 Å². The molecule has 0 bridgehead atoms. The molecule has 25 heavy (non-hydrogen) atoms. The van der Waals surface area contributed by atoms with E-state index in [1.54, 1.807) is 0 Å². The molecule has 0 heterocycles. The lowest BCUT2D eigenvalue weighted by Gasteiger charge is -2.21. The molecule has 1 saturated carbocycles. The molecule has 1 amide bonds. The van der Waals surface area contributed by atoms with Gasteiger partial charge in [0.1, 0.15) is 0 Å². The fourth-order valence-electron chi connectivity index (χ4n) is 2.93. The highest BCUT2D eigenvalue weighted by Crippen LogP contribution is 2.28. The van der Waals surface area contributed by atoms with Gasteiger partial charge in [-0.25, -0.2) is 0 Å². The number of carbonyl (C=O) groups is 2. The normalized spacial score (nSPS) is 15.0. The Balaban J connectivity index is 1.66. The number of carbonyl (C=O) groups excluding carboxylic acids is 2. The Hall–Kier alpha value is -1.01. The Kier molecular flexibility index (Phi) is 8.30. The van der Waals surface area contributed by atoms with Crippen molar-refractivity contribution in [3.8, 4) is 0 Å². The molecule has 1 aromatic rings. The van der Waals surface area contributed by atoms with Crippen molar-refractivity contribution in [3.63, 3.8) is 0 Å². The number of hydrogen-bond donors (Lipinski definition) is 1. The maximum Gasteiger partial charge on any atom is 0.316 e. The average Bonchev–Trinajstić information content (AvgIpc) is 2.61. The summed E-state index contributed by atoms with van der Waals surface area (Å²) in [5.74, 6) is 0.211. The van der Waals surface area contributed by atoms with Gasteiger partial charge in [0.05, 0.1) is 5.75 Å². The summed E-state index contributed by atoms with van der Waals surface area (Å²) in [5, 5.41) is 2.88. The second kappa shape index (κ2) is 10.2. The molecule has 1 fully saturated rings. The molecule has 1 aliphatic rings. The van der Waals surface area contributed by atoms with Gasteiger partial charge in [0.25, 0.3) is 5.91 Å². The van der Waals surface area contributed by atoms with Gasteiger partial charge in [-0.05, 0) is 55.9 Å². The van der Waals surface area contributed by atoms with E-state index in [0.29, 0.717) is 12.5 Å². The second-order valence-corrected chi connectivity index (χ2v) is 8.50. The number of nitrogens with one attached hydrogen (secondary N) is 1. The van der Waals surface area contributed by atoms with Crippen LogP contribution in [0.4, 0.5) is 0 Å². The Labute approximate surface area is 162 Å². The Morgan fingerprint density at radius 1 is 1.20 bits per heavy atom. The molecule has 4 nitrogen and oxygen atoms in total. The average molecular weight is 428 g/mol. The molecule has 0 radical (unpaired) electrons. The molecule has 0 aliphatic heterocycles. The summed E-state index contributed by atoms with van der Waals surface area (Å²) in [7, 11) is 0. The summed E-state index contributed by atoms with van der Waals surface area (Å²) in [6.07, 6.45) is 6.17. The van der Waals surface area contributed by atoms with Crippen LogP contribution >= 0.6 is 27.7 Å². The van der Waals surface area contributed by atoms with Crippen LogP contribution in [0.2, 0.25) is 0 Å². The lowest BCUT2D eigenvalue weighted by atomic mass is 9.89. The Bertz CT molecular complexity index is 615. The smallest absolute Gasteiger partial charge is 0.316 e. The van der Waals surface area contributed by atoms with Gasteiger partial charge < -0.3 is 10.1 Å². The van der Waals surface area contributed by atoms with Crippen LogP contribution in [0.25, 0.3) is 0 Å². The van der Waals surface area contributed by atoms with E-state index in [-0.39, 0.29) is 24.2 Å². The Morgan fingerprint density at radius 3 is 2.64 bits per heavy atom. The number of thioether (sulfide) groups is 1. The summed E-state index contributed by atoms with van der Waals surface area (Å²) < 4.78 is 6.14. The summed E-state index contributed by atoms with van der Waals surface area (Å²) in [6.45, 7) is 4.53. The van der Waals surface area contributed by atoms with Crippen molar-refractivity contribution in [2.24, 2.45) is 5.92 Å². The largest absolute Gasteiger partial charge is 0.455 e. The van der Waals surface area contributed by atoms with Gasteiger partial charge in [-0.3, -0.25) is 9.59 Å². The van der Waals surface area contributed by atoms with Gasteiger partial charge in [-0.1, -0.05) is 35.2 Å². The second-order valence-electron chi connectivity index (χ2n) is 6.62. The highest BCUT2D eigenvalue weighted by Gasteiger charge is 2.15. The van der Waals surface area contributed by atoms with Gasteiger partial charge in [0.15, 0.2) is 6.61 Å². The fourth-order valence-corrected chi connectivity index (χ4v) is 4.30. The van der Waals surface area contributed by atoms with Crippen LogP contribution in [0.5, 0.6) is 0 Å². The highest BCUT2D eigenvalue weighted by molar-refractivity contribution is 9.10. The number of halogens is 1. The first-order valence-corrected chi connectivity index (χ1v) is 10.6. The van der Waals surface area contributed by atoms with Gasteiger partial charge >= 0.3 is 5.97 Å². The SMILES string of the molecule is Cc1cc(SCC(=O)OCC(=O)NCC2CCCCC2)c(C)cc1Br. The monoisotopic (exact) mass is 427 g/mol. The summed E-state index contributed by atoms with van der Waals surface area (Å²) in [5.41, 5.74) is 2.24. The Morgan fingerprint density at radius 2 is 1.92 bits per heavy atom. The van der Waals surface area contributed by atoms with Crippen molar-refractivity contribution in [3.05, 3.63) is 27.7 Å². The standard InChI is InChI=1S/C19H26BrNO3S/c1-13-9-17(14(2)8-16(13)20)25-12-19(23)24-11-18(22)21-10-15-6-4-3-5-7-15/h8-9,15H,3-7,10-12H2,1-2H3,(H,21,22). The van der Waals surface area contributed by atoms with Crippen molar-refractivity contribution in [2.45, 2.75) is 50.8 Å². The number of benzene rings is 1. The number of aryl methyl sites for hydroxylation is 2. The molecule has 0 aromatic heterocycles. The zero-order valence-corrected chi connectivity index (χ0v) is 17.3. The molecule has 1 aliphatic carbocycles. The van der Waals surface area contributed by atoms with Crippen LogP contribution in [0.1, 0.15) is 43.2 Å². The van der Waals surface area contributed by atoms with Gasteiger partial charge in [-0.15, -0.1) is 11.8 Å². The van der Waals surface area contributed by atoms with E-state index in [1.807, 2.05) is 26.0 Å². The third-order valence-electron chi connectivity index (χ3n) is 4.48. The van der Waals surface area contributed by atoms with E-state index in [2.05, 4.69) is 21.2 Å². The highest BCUT2D eigenvalue weighted by atomic mass is 79.9. The molecular weight excluding hydrogens is 402 g/mol. The topological polar surface area (TPSA) is 55.4 Å². The van der Waals surface area contributed by atoms with E-state index in [1.165, 1.54) is 43.9 Å². The third kappa shape index (κ3) is 7.02. The molecule has 0 saturated heterocycles. The third-order valence-corrected chi connectivity index (χ3v) is 6.46. The molecule has 1 N–H and O–H groups in total. The first-order valence-electron chi connectivity index (χ1n) is 8.77. The van der Waals surface area contributed by atoms with Crippen molar-refractivity contribution < 1.29 is 14.3 Å². The molecule has 0 unspecified atom stereocenters. The quantitative estimate of drug-likeness (QED) is 0.517. The van der Waals surface area contributed by atoms with Gasteiger partial charge in [-0.2, -0.15) is 0 Å². The summed E-state index contributed by atoms with van der Waals surface area (Å²) >= 11 is 4.94. The van der Waals surface area contributed by atoms with E-state index < -0.39 is 0 Å². The zero-order chi connectivity index (χ0) is 18.2. The van der Waals surface area contributed by atoms with Crippen LogP contribution in [-0.2, 0) is 14.3 Å². The van der Waals surface area contributed by atoms with Crippen molar-refractivity contribution in [1.29, 1.82) is 0 Å². The molecule has 138 valence electrons.